The van der Waals surface area contributed by atoms with Crippen molar-refractivity contribution in [1.82, 2.24) is 14.3 Å². The standard InChI is InChI=1S/C35H35N5OS/c1-4-41-29-18-16-28(17-19-29)40-24-37-32-21-27(15-20-34(32)40)36-22-25-11-13-26(14-12-25)23-38-42-35-10-6-7-30-31(35)8-5-9-33(30)39(2)3/h5-21,24,36,38H,4,22-23H2,1-3H3. The molecule has 0 fully saturated rings. The molecule has 6 rings (SSSR count). The number of hydrogen-bond donors (Lipinski definition) is 2. The maximum atomic E-state index is 5.57. The highest BCUT2D eigenvalue weighted by molar-refractivity contribution is 7.97. The largest absolute Gasteiger partial charge is 0.494 e. The second kappa shape index (κ2) is 12.6. The van der Waals surface area contributed by atoms with Gasteiger partial charge in [0.1, 0.15) is 12.1 Å². The second-order valence-electron chi connectivity index (χ2n) is 10.4. The summed E-state index contributed by atoms with van der Waals surface area (Å²) >= 11 is 1.69. The minimum atomic E-state index is 0.661. The summed E-state index contributed by atoms with van der Waals surface area (Å²) in [6.45, 7) is 4.19. The number of aromatic nitrogens is 2. The number of imidazole rings is 1. The average Bonchev–Trinajstić information content (AvgIpc) is 3.44. The lowest BCUT2D eigenvalue weighted by Gasteiger charge is -2.16. The molecule has 0 aliphatic heterocycles. The predicted octanol–water partition coefficient (Wildman–Crippen LogP) is 8.05. The van der Waals surface area contributed by atoms with Crippen LogP contribution in [0.15, 0.2) is 114 Å². The monoisotopic (exact) mass is 573 g/mol. The van der Waals surface area contributed by atoms with Gasteiger partial charge in [0.2, 0.25) is 0 Å². The highest BCUT2D eigenvalue weighted by Crippen LogP contribution is 2.32. The molecule has 6 aromatic rings. The zero-order valence-electron chi connectivity index (χ0n) is 24.2. The molecule has 1 aromatic heterocycles. The summed E-state index contributed by atoms with van der Waals surface area (Å²) in [6.07, 6.45) is 1.87. The van der Waals surface area contributed by atoms with E-state index in [4.69, 9.17) is 4.74 Å². The van der Waals surface area contributed by atoms with Crippen molar-refractivity contribution in [2.24, 2.45) is 0 Å². The van der Waals surface area contributed by atoms with Crippen LogP contribution in [0.2, 0.25) is 0 Å². The molecule has 0 bridgehead atoms. The molecule has 0 amide bonds. The molecule has 0 aliphatic rings. The van der Waals surface area contributed by atoms with E-state index in [9.17, 15) is 0 Å². The fraction of sp³-hybridized carbons (Fsp3) is 0.171. The normalized spacial score (nSPS) is 11.2. The number of rotatable bonds is 11. The first kappa shape index (κ1) is 27.7. The van der Waals surface area contributed by atoms with Gasteiger partial charge in [-0.05, 0) is 90.0 Å². The lowest BCUT2D eigenvalue weighted by Crippen LogP contribution is -2.09. The molecule has 0 unspecified atom stereocenters. The second-order valence-corrected chi connectivity index (χ2v) is 11.3. The molecular formula is C35H35N5OS. The Labute approximate surface area is 251 Å². The molecule has 212 valence electrons. The molecule has 0 radical (unpaired) electrons. The van der Waals surface area contributed by atoms with Gasteiger partial charge in [-0.2, -0.15) is 0 Å². The van der Waals surface area contributed by atoms with Crippen molar-refractivity contribution in [1.29, 1.82) is 0 Å². The molecule has 0 atom stereocenters. The summed E-state index contributed by atoms with van der Waals surface area (Å²) in [5, 5.41) is 6.09. The van der Waals surface area contributed by atoms with Crippen molar-refractivity contribution in [3.8, 4) is 11.4 Å². The van der Waals surface area contributed by atoms with Gasteiger partial charge >= 0.3 is 0 Å². The molecule has 0 saturated carbocycles. The minimum absolute atomic E-state index is 0.661. The Morgan fingerprint density at radius 3 is 2.31 bits per heavy atom. The van der Waals surface area contributed by atoms with Gasteiger partial charge in [-0.15, -0.1) is 0 Å². The molecule has 0 aliphatic carbocycles. The Balaban J connectivity index is 1.04. The Hall–Kier alpha value is -4.46. The zero-order valence-corrected chi connectivity index (χ0v) is 25.0. The van der Waals surface area contributed by atoms with Gasteiger partial charge in [0.15, 0.2) is 0 Å². The van der Waals surface area contributed by atoms with Gasteiger partial charge in [-0.1, -0.05) is 48.5 Å². The highest BCUT2D eigenvalue weighted by Gasteiger charge is 2.08. The van der Waals surface area contributed by atoms with Crippen LogP contribution in [0.4, 0.5) is 11.4 Å². The Morgan fingerprint density at radius 2 is 1.55 bits per heavy atom. The van der Waals surface area contributed by atoms with Crippen LogP contribution in [0.1, 0.15) is 18.1 Å². The number of hydrogen-bond acceptors (Lipinski definition) is 6. The third kappa shape index (κ3) is 6.08. The van der Waals surface area contributed by atoms with Gasteiger partial charge in [0.25, 0.3) is 0 Å². The number of nitrogens with one attached hydrogen (secondary N) is 2. The van der Waals surface area contributed by atoms with Crippen LogP contribution in [0.5, 0.6) is 5.75 Å². The van der Waals surface area contributed by atoms with Crippen LogP contribution >= 0.6 is 11.9 Å². The van der Waals surface area contributed by atoms with Gasteiger partial charge in [-0.3, -0.25) is 9.29 Å². The number of fused-ring (bicyclic) bond motifs is 2. The van der Waals surface area contributed by atoms with Gasteiger partial charge in [0.05, 0.1) is 17.6 Å². The van der Waals surface area contributed by atoms with Crippen LogP contribution < -0.4 is 19.7 Å². The molecular weight excluding hydrogens is 538 g/mol. The van der Waals surface area contributed by atoms with E-state index in [0.717, 1.165) is 41.2 Å². The maximum Gasteiger partial charge on any atom is 0.119 e. The molecule has 42 heavy (non-hydrogen) atoms. The fourth-order valence-corrected chi connectivity index (χ4v) is 5.95. The predicted molar refractivity (Wildman–Crippen MR) is 177 cm³/mol. The topological polar surface area (TPSA) is 54.4 Å². The van der Waals surface area contributed by atoms with Crippen LogP contribution in [0.25, 0.3) is 27.5 Å². The first-order valence-corrected chi connectivity index (χ1v) is 15.0. The van der Waals surface area contributed by atoms with Crippen molar-refractivity contribution in [3.05, 3.63) is 121 Å². The van der Waals surface area contributed by atoms with Crippen molar-refractivity contribution < 1.29 is 4.74 Å². The number of anilines is 2. The molecule has 1 heterocycles. The van der Waals surface area contributed by atoms with E-state index in [-0.39, 0.29) is 0 Å². The Bertz CT molecular complexity index is 1800. The van der Waals surface area contributed by atoms with Gasteiger partial charge in [-0.25, -0.2) is 4.98 Å². The van der Waals surface area contributed by atoms with E-state index < -0.39 is 0 Å². The smallest absolute Gasteiger partial charge is 0.119 e. The third-order valence-electron chi connectivity index (χ3n) is 7.29. The summed E-state index contributed by atoms with van der Waals surface area (Å²) in [5.41, 5.74) is 7.85. The van der Waals surface area contributed by atoms with Crippen molar-refractivity contribution >= 4 is 45.1 Å². The quantitative estimate of drug-likeness (QED) is 0.153. The summed E-state index contributed by atoms with van der Waals surface area (Å²) in [5.74, 6) is 0.875. The van der Waals surface area contributed by atoms with Gasteiger partial charge < -0.3 is 15.0 Å². The average molecular weight is 574 g/mol. The Morgan fingerprint density at radius 1 is 0.810 bits per heavy atom. The molecule has 2 N–H and O–H groups in total. The van der Waals surface area contributed by atoms with E-state index in [1.807, 2.05) is 25.4 Å². The van der Waals surface area contributed by atoms with Crippen LogP contribution in [-0.4, -0.2) is 30.3 Å². The minimum Gasteiger partial charge on any atom is -0.494 e. The van der Waals surface area contributed by atoms with Crippen LogP contribution in [-0.2, 0) is 13.1 Å². The molecule has 7 heteroatoms. The van der Waals surface area contributed by atoms with Gasteiger partial charge in [0, 0.05) is 54.5 Å². The molecule has 6 nitrogen and oxygen atoms in total. The first-order valence-electron chi connectivity index (χ1n) is 14.2. The zero-order chi connectivity index (χ0) is 28.9. The lowest BCUT2D eigenvalue weighted by atomic mass is 10.1. The lowest BCUT2D eigenvalue weighted by molar-refractivity contribution is 0.340. The number of nitrogens with zero attached hydrogens (tertiary/aromatic N) is 3. The van der Waals surface area contributed by atoms with Crippen LogP contribution in [0, 0.1) is 0 Å². The third-order valence-corrected chi connectivity index (χ3v) is 8.16. The number of ether oxygens (including phenoxy) is 1. The molecule has 0 spiro atoms. The van der Waals surface area contributed by atoms with E-state index >= 15 is 0 Å². The highest BCUT2D eigenvalue weighted by atomic mass is 32.2. The van der Waals surface area contributed by atoms with E-state index in [0.29, 0.717) is 6.61 Å². The first-order chi connectivity index (χ1) is 20.6. The van der Waals surface area contributed by atoms with Crippen molar-refractivity contribution in [2.75, 3.05) is 30.9 Å². The van der Waals surface area contributed by atoms with E-state index in [2.05, 4.69) is 130 Å². The van der Waals surface area contributed by atoms with Crippen molar-refractivity contribution in [2.45, 2.75) is 24.9 Å². The Kier molecular flexibility index (Phi) is 8.30. The maximum absolute atomic E-state index is 5.57. The summed E-state index contributed by atoms with van der Waals surface area (Å²) in [6, 6.07) is 36.2. The summed E-state index contributed by atoms with van der Waals surface area (Å²) in [7, 11) is 4.18. The summed E-state index contributed by atoms with van der Waals surface area (Å²) < 4.78 is 11.2. The fourth-order valence-electron chi connectivity index (χ4n) is 5.12. The van der Waals surface area contributed by atoms with E-state index in [1.165, 1.54) is 32.5 Å². The molecule has 0 saturated heterocycles. The SMILES string of the molecule is CCOc1ccc(-n2cnc3cc(NCc4ccc(CNSc5cccc6c(N(C)C)cccc56)cc4)ccc32)cc1. The number of benzene rings is 5. The van der Waals surface area contributed by atoms with E-state index in [1.54, 1.807) is 11.9 Å². The molecule has 5 aromatic carbocycles. The van der Waals surface area contributed by atoms with Crippen molar-refractivity contribution in [3.63, 3.8) is 0 Å². The van der Waals surface area contributed by atoms with Crippen LogP contribution in [0.3, 0.4) is 0 Å². The summed E-state index contributed by atoms with van der Waals surface area (Å²) in [4.78, 5) is 8.04.